The second-order valence-electron chi connectivity index (χ2n) is 7.85. The lowest BCUT2D eigenvalue weighted by molar-refractivity contribution is -0.139. The summed E-state index contributed by atoms with van der Waals surface area (Å²) in [5, 5.41) is 32.9. The summed E-state index contributed by atoms with van der Waals surface area (Å²) in [5.41, 5.74) is 6.50. The first-order valence-corrected chi connectivity index (χ1v) is 13.8. The van der Waals surface area contributed by atoms with Crippen molar-refractivity contribution in [2.45, 2.75) is 56.8 Å². The van der Waals surface area contributed by atoms with Crippen LogP contribution >= 0.6 is 11.8 Å². The van der Waals surface area contributed by atoms with Crippen molar-refractivity contribution in [1.82, 2.24) is 24.8 Å². The number of nitrogens with two attached hydrogens (primary N) is 1. The maximum Gasteiger partial charge on any atom is 0.320 e. The molecule has 2 aromatic rings. The van der Waals surface area contributed by atoms with Crippen molar-refractivity contribution in [3.05, 3.63) is 12.7 Å². The molecule has 0 unspecified atom stereocenters. The number of thioether (sulfide) groups is 1. The summed E-state index contributed by atoms with van der Waals surface area (Å²) in [7, 11) is -3.69. The number of aromatic nitrogens is 4. The van der Waals surface area contributed by atoms with Crippen molar-refractivity contribution in [3.8, 4) is 0 Å². The molecule has 1 aliphatic rings. The largest absolute Gasteiger partial charge is 0.480 e. The number of rotatable bonds is 11. The fourth-order valence-electron chi connectivity index (χ4n) is 3.32. The molecular weight excluding hydrogens is 504 g/mol. The summed E-state index contributed by atoms with van der Waals surface area (Å²) >= 11 is 1.55. The first-order valence-electron chi connectivity index (χ1n) is 10.8. The van der Waals surface area contributed by atoms with E-state index in [0.717, 1.165) is 6.42 Å². The summed E-state index contributed by atoms with van der Waals surface area (Å²) in [6, 6.07) is -0.758. The molecule has 0 aliphatic carbocycles. The monoisotopic (exact) mass is 536 g/mol. The van der Waals surface area contributed by atoms with Crippen LogP contribution in [0.5, 0.6) is 0 Å². The summed E-state index contributed by atoms with van der Waals surface area (Å²) in [6.07, 6.45) is 2.19. The fraction of sp³-hybridized carbons (Fsp3) is 0.684. The third-order valence-electron chi connectivity index (χ3n) is 5.23. The van der Waals surface area contributed by atoms with Gasteiger partial charge in [-0.05, 0) is 24.9 Å². The lowest BCUT2D eigenvalue weighted by atomic mass is 10.1. The van der Waals surface area contributed by atoms with E-state index in [-0.39, 0.29) is 18.1 Å². The number of aliphatic carboxylic acids is 1. The topological polar surface area (TPSA) is 223 Å². The number of carbonyl (C=O) groups is 1. The van der Waals surface area contributed by atoms with Gasteiger partial charge in [0.2, 0.25) is 0 Å². The molecule has 7 N–H and O–H groups in total. The Kier molecular flexibility index (Phi) is 11.1. The van der Waals surface area contributed by atoms with Crippen molar-refractivity contribution in [2.24, 2.45) is 0 Å². The third kappa shape index (κ3) is 8.23. The molecule has 0 radical (unpaired) electrons. The van der Waals surface area contributed by atoms with Gasteiger partial charge in [0, 0.05) is 6.54 Å². The number of carboxylic acid groups (broad SMARTS) is 1. The summed E-state index contributed by atoms with van der Waals surface area (Å²) in [6.45, 7) is 1.94. The van der Waals surface area contributed by atoms with Gasteiger partial charge in [-0.3, -0.25) is 13.9 Å². The van der Waals surface area contributed by atoms with Crippen LogP contribution in [-0.4, -0.2) is 102 Å². The van der Waals surface area contributed by atoms with Crippen LogP contribution in [0.15, 0.2) is 12.7 Å². The third-order valence-corrected chi connectivity index (χ3v) is 6.68. The van der Waals surface area contributed by atoms with Gasteiger partial charge in [-0.1, -0.05) is 13.3 Å². The van der Waals surface area contributed by atoms with Gasteiger partial charge in [0.15, 0.2) is 17.7 Å². The van der Waals surface area contributed by atoms with E-state index in [9.17, 15) is 28.5 Å². The Morgan fingerprint density at radius 1 is 1.31 bits per heavy atom. The molecule has 0 amide bonds. The highest BCUT2D eigenvalue weighted by Crippen LogP contribution is 2.31. The van der Waals surface area contributed by atoms with Gasteiger partial charge in [-0.15, -0.1) is 0 Å². The number of unbranched alkanes of at least 4 members (excludes halogenated alkanes) is 1. The van der Waals surface area contributed by atoms with Crippen LogP contribution in [0.1, 0.15) is 32.4 Å². The zero-order valence-electron chi connectivity index (χ0n) is 19.4. The van der Waals surface area contributed by atoms with Gasteiger partial charge >= 0.3 is 5.97 Å². The average Bonchev–Trinajstić information content (AvgIpc) is 3.34. The second kappa shape index (κ2) is 13.3. The molecule has 3 heterocycles. The normalized spacial score (nSPS) is 23.1. The number of aliphatic hydroxyl groups excluding tert-OH is 2. The Labute approximate surface area is 207 Å². The zero-order chi connectivity index (χ0) is 26.2. The Hall–Kier alpha value is -2.08. The molecule has 198 valence electrons. The number of fused-ring (bicyclic) bond motifs is 1. The SMILES string of the molecule is CCCCS(=O)(=O)O.CSCC[C@H](NC[C@H]1O[C@@H](n2cnc3c(N)ncnc32)[C@H](O)[C@@H]1O)C(=O)O. The molecule has 1 aliphatic heterocycles. The van der Waals surface area contributed by atoms with Gasteiger partial charge in [0.1, 0.15) is 36.2 Å². The molecule has 14 nitrogen and oxygen atoms in total. The van der Waals surface area contributed by atoms with Gasteiger partial charge < -0.3 is 31.1 Å². The molecule has 0 bridgehead atoms. The molecule has 35 heavy (non-hydrogen) atoms. The van der Waals surface area contributed by atoms with Crippen LogP contribution in [0.3, 0.4) is 0 Å². The van der Waals surface area contributed by atoms with Crippen LogP contribution < -0.4 is 11.1 Å². The Morgan fingerprint density at radius 3 is 2.60 bits per heavy atom. The minimum atomic E-state index is -3.69. The number of nitrogens with zero attached hydrogens (tertiary/aromatic N) is 4. The number of hydrogen-bond acceptors (Lipinski definition) is 12. The average molecular weight is 537 g/mol. The van der Waals surface area contributed by atoms with Crippen molar-refractivity contribution in [2.75, 3.05) is 30.0 Å². The number of hydrogen-bond donors (Lipinski definition) is 6. The van der Waals surface area contributed by atoms with Gasteiger partial charge in [0.05, 0.1) is 12.1 Å². The Morgan fingerprint density at radius 2 is 2.03 bits per heavy atom. The molecule has 0 spiro atoms. The summed E-state index contributed by atoms with van der Waals surface area (Å²) < 4.78 is 35.3. The molecule has 0 aromatic carbocycles. The predicted molar refractivity (Wildman–Crippen MR) is 129 cm³/mol. The molecule has 3 rings (SSSR count). The van der Waals surface area contributed by atoms with Gasteiger partial charge in [-0.25, -0.2) is 15.0 Å². The van der Waals surface area contributed by atoms with Crippen LogP contribution in [-0.2, 0) is 19.6 Å². The molecule has 1 saturated heterocycles. The number of aliphatic hydroxyl groups is 2. The Bertz CT molecular complexity index is 1070. The van der Waals surface area contributed by atoms with Crippen LogP contribution in [0.25, 0.3) is 11.2 Å². The van der Waals surface area contributed by atoms with Crippen molar-refractivity contribution in [3.63, 3.8) is 0 Å². The van der Waals surface area contributed by atoms with Crippen LogP contribution in [0.2, 0.25) is 0 Å². The number of imidazole rings is 1. The van der Waals surface area contributed by atoms with Gasteiger partial charge in [0.25, 0.3) is 10.1 Å². The number of anilines is 1. The van der Waals surface area contributed by atoms with Crippen molar-refractivity contribution >= 4 is 44.8 Å². The summed E-state index contributed by atoms with van der Waals surface area (Å²) in [5.74, 6) is -0.195. The minimum Gasteiger partial charge on any atom is -0.480 e. The van der Waals surface area contributed by atoms with Crippen molar-refractivity contribution < 1.29 is 37.8 Å². The molecule has 0 saturated carbocycles. The van der Waals surface area contributed by atoms with Crippen LogP contribution in [0, 0.1) is 0 Å². The minimum absolute atomic E-state index is 0.0732. The lowest BCUT2D eigenvalue weighted by Gasteiger charge is -2.19. The number of nitrogen functional groups attached to an aromatic ring is 1. The standard InChI is InChI=1S/C15H22N6O5S.C4H10O3S/c1-27-3-2-7(15(24)25)17-4-8-10(22)11(23)14(26-8)21-6-20-9-12(16)18-5-19-13(9)21;1-2-3-4-8(5,6)7/h5-8,10-11,14,17,22-23H,2-4H2,1H3,(H,24,25)(H2,16,18,19);2-4H2,1H3,(H,5,6,7)/t7-,8+,10+,11+,14+;/m0./s1. The van der Waals surface area contributed by atoms with Crippen LogP contribution in [0.4, 0.5) is 5.82 Å². The number of nitrogens with one attached hydrogen (secondary N) is 1. The van der Waals surface area contributed by atoms with E-state index < -0.39 is 46.7 Å². The maximum absolute atomic E-state index is 11.3. The highest BCUT2D eigenvalue weighted by Gasteiger charge is 2.44. The quantitative estimate of drug-likeness (QED) is 0.199. The fourth-order valence-corrected chi connectivity index (χ4v) is 4.44. The highest BCUT2D eigenvalue weighted by molar-refractivity contribution is 7.98. The first-order chi connectivity index (χ1) is 16.5. The molecule has 1 fully saturated rings. The van der Waals surface area contributed by atoms with E-state index in [2.05, 4.69) is 20.3 Å². The van der Waals surface area contributed by atoms with E-state index in [0.29, 0.717) is 29.8 Å². The zero-order valence-corrected chi connectivity index (χ0v) is 21.0. The number of ether oxygens (including phenoxy) is 1. The number of carboxylic acids is 1. The molecule has 5 atom stereocenters. The Balaban J connectivity index is 0.000000466. The lowest BCUT2D eigenvalue weighted by Crippen LogP contribution is -2.44. The van der Waals surface area contributed by atoms with Gasteiger partial charge in [-0.2, -0.15) is 20.2 Å². The smallest absolute Gasteiger partial charge is 0.320 e. The van der Waals surface area contributed by atoms with E-state index in [1.165, 1.54) is 17.2 Å². The molecule has 16 heteroatoms. The summed E-state index contributed by atoms with van der Waals surface area (Å²) in [4.78, 5) is 23.4. The molecular formula is C19H32N6O8S2. The first kappa shape index (κ1) is 29.2. The maximum atomic E-state index is 11.3. The van der Waals surface area contributed by atoms with E-state index in [1.807, 2.05) is 13.2 Å². The van der Waals surface area contributed by atoms with E-state index in [1.54, 1.807) is 11.8 Å². The predicted octanol–water partition coefficient (Wildman–Crippen LogP) is -0.502. The molecule has 2 aromatic heterocycles. The second-order valence-corrected chi connectivity index (χ2v) is 10.4. The van der Waals surface area contributed by atoms with E-state index >= 15 is 0 Å². The van der Waals surface area contributed by atoms with E-state index in [4.69, 9.17) is 15.0 Å². The van der Waals surface area contributed by atoms with Crippen molar-refractivity contribution in [1.29, 1.82) is 0 Å². The highest BCUT2D eigenvalue weighted by atomic mass is 32.2.